The molecule has 0 spiro atoms. The SMILES string of the molecule is COCCN(CCOC)c1cc(C)c(C=C2C(C)=CC(=[N+](CCOC)CCOC)C=C2C)c(C)c1.F[P-](F)(F)(F)(F)F. The Bertz CT molecular complexity index is 1100. The van der Waals surface area contributed by atoms with Gasteiger partial charge in [-0.1, -0.05) is 0 Å². The Morgan fingerprint density at radius 3 is 1.43 bits per heavy atom. The number of methoxy groups -OCH3 is 4. The number of ether oxygens (including phenoxy) is 4. The van der Waals surface area contributed by atoms with Gasteiger partial charge in [0, 0.05) is 59.4 Å². The molecule has 0 unspecified atom stereocenters. The fraction of sp³-hybridized carbons (Fsp3) is 0.552. The van der Waals surface area contributed by atoms with Crippen molar-refractivity contribution in [3.8, 4) is 0 Å². The van der Waals surface area contributed by atoms with Crippen molar-refractivity contribution in [1.82, 2.24) is 0 Å². The Kier molecular flexibility index (Phi) is 13.9. The van der Waals surface area contributed by atoms with E-state index in [1.54, 1.807) is 28.4 Å². The summed E-state index contributed by atoms with van der Waals surface area (Å²) in [7, 11) is -3.68. The summed E-state index contributed by atoms with van der Waals surface area (Å²) >= 11 is 0. The van der Waals surface area contributed by atoms with Crippen molar-refractivity contribution in [2.45, 2.75) is 27.7 Å². The van der Waals surface area contributed by atoms with E-state index in [-0.39, 0.29) is 0 Å². The molecule has 42 heavy (non-hydrogen) atoms. The van der Waals surface area contributed by atoms with Crippen molar-refractivity contribution in [2.24, 2.45) is 0 Å². The average Bonchev–Trinajstić information content (AvgIpc) is 2.85. The summed E-state index contributed by atoms with van der Waals surface area (Å²) in [5.41, 5.74) is 10.1. The standard InChI is InChI=1S/C29H45N2O4.F6P/c1-22-17-26(30(9-13-32-5)10-14-33-6)18-23(2)28(22)21-29-24(3)19-27(20-25(29)4)31(11-15-34-7)12-16-35-8;1-7(2,3,4,5)6/h17-21H,9-16H2,1-8H3;/q+1;-1. The Hall–Kier alpha value is -2.24. The van der Waals surface area contributed by atoms with E-state index in [2.05, 4.69) is 67.5 Å². The molecule has 0 aliphatic heterocycles. The zero-order chi connectivity index (χ0) is 32.2. The fourth-order valence-electron chi connectivity index (χ4n) is 4.41. The van der Waals surface area contributed by atoms with Crippen LogP contribution in [0.5, 0.6) is 0 Å². The summed E-state index contributed by atoms with van der Waals surface area (Å²) in [5, 5.41) is 0. The predicted molar refractivity (Wildman–Crippen MR) is 160 cm³/mol. The number of rotatable bonds is 14. The molecule has 0 N–H and O–H groups in total. The number of allylic oxidation sites excluding steroid dienone is 5. The molecule has 0 bridgehead atoms. The van der Waals surface area contributed by atoms with Crippen LogP contribution in [0.2, 0.25) is 0 Å². The second-order valence-electron chi connectivity index (χ2n) is 10.0. The van der Waals surface area contributed by atoms with Crippen LogP contribution in [0.1, 0.15) is 30.5 Å². The van der Waals surface area contributed by atoms with Gasteiger partial charge >= 0.3 is 33.0 Å². The third-order valence-electron chi connectivity index (χ3n) is 6.44. The third kappa shape index (κ3) is 15.3. The summed E-state index contributed by atoms with van der Waals surface area (Å²) in [6.07, 6.45) is 6.90. The van der Waals surface area contributed by atoms with Crippen molar-refractivity contribution >= 4 is 25.3 Å². The first-order chi connectivity index (χ1) is 19.3. The summed E-state index contributed by atoms with van der Waals surface area (Å²) in [5.74, 6) is 0. The maximum absolute atomic E-state index is 10.7. The molecule has 1 aliphatic carbocycles. The van der Waals surface area contributed by atoms with E-state index >= 15 is 0 Å². The summed E-state index contributed by atoms with van der Waals surface area (Å²) in [6.45, 7) is 14.9. The van der Waals surface area contributed by atoms with Gasteiger partial charge < -0.3 is 23.8 Å². The number of hydrogen-bond donors (Lipinski definition) is 0. The number of nitrogens with zero attached hydrogens (tertiary/aromatic N) is 2. The van der Waals surface area contributed by atoms with Crippen LogP contribution < -0.4 is 4.90 Å². The van der Waals surface area contributed by atoms with E-state index in [1.807, 2.05) is 0 Å². The Balaban J connectivity index is 0.00000112. The minimum absolute atomic E-state index is 0.687. The minimum atomic E-state index is -10.7. The molecule has 1 aromatic carbocycles. The molecule has 1 aliphatic rings. The molecule has 0 atom stereocenters. The van der Waals surface area contributed by atoms with Gasteiger partial charge in [0.05, 0.1) is 13.2 Å². The Morgan fingerprint density at radius 1 is 0.690 bits per heavy atom. The van der Waals surface area contributed by atoms with E-state index in [4.69, 9.17) is 18.9 Å². The van der Waals surface area contributed by atoms with Gasteiger partial charge in [0.25, 0.3) is 0 Å². The molecule has 0 saturated heterocycles. The molecule has 0 aromatic heterocycles. The van der Waals surface area contributed by atoms with Gasteiger partial charge in [-0.05, 0) is 79.3 Å². The monoisotopic (exact) mass is 630 g/mol. The molecule has 6 nitrogen and oxygen atoms in total. The van der Waals surface area contributed by atoms with Crippen LogP contribution in [-0.2, 0) is 18.9 Å². The van der Waals surface area contributed by atoms with Crippen molar-refractivity contribution in [3.05, 3.63) is 57.7 Å². The van der Waals surface area contributed by atoms with Gasteiger partial charge in [-0.3, -0.25) is 0 Å². The second kappa shape index (κ2) is 15.5. The Labute approximate surface area is 245 Å². The summed E-state index contributed by atoms with van der Waals surface area (Å²) < 4.78 is 82.8. The van der Waals surface area contributed by atoms with E-state index in [9.17, 15) is 25.2 Å². The van der Waals surface area contributed by atoms with Gasteiger partial charge in [-0.15, -0.1) is 0 Å². The van der Waals surface area contributed by atoms with Crippen molar-refractivity contribution in [1.29, 1.82) is 0 Å². The topological polar surface area (TPSA) is 43.2 Å². The third-order valence-corrected chi connectivity index (χ3v) is 6.44. The first kappa shape index (κ1) is 37.8. The number of anilines is 1. The fourth-order valence-corrected chi connectivity index (χ4v) is 4.41. The molecule has 0 radical (unpaired) electrons. The molecular formula is C29H45F6N2O4P. The zero-order valence-electron chi connectivity index (χ0n) is 25.8. The van der Waals surface area contributed by atoms with Crippen LogP contribution in [0.25, 0.3) is 6.08 Å². The molecule has 0 heterocycles. The molecule has 2 rings (SSSR count). The summed E-state index contributed by atoms with van der Waals surface area (Å²) in [6, 6.07) is 4.56. The maximum atomic E-state index is 9.87. The molecule has 0 amide bonds. The number of aryl methyl sites for hydroxylation is 2. The first-order valence-corrected chi connectivity index (χ1v) is 15.4. The second-order valence-corrected chi connectivity index (χ2v) is 12.0. The van der Waals surface area contributed by atoms with Crippen LogP contribution in [0, 0.1) is 13.8 Å². The summed E-state index contributed by atoms with van der Waals surface area (Å²) in [4.78, 5) is 2.33. The van der Waals surface area contributed by atoms with Crippen LogP contribution in [0.15, 0.2) is 41.0 Å². The van der Waals surface area contributed by atoms with Crippen molar-refractivity contribution in [3.63, 3.8) is 0 Å². The zero-order valence-corrected chi connectivity index (χ0v) is 26.7. The van der Waals surface area contributed by atoms with Crippen molar-refractivity contribution < 1.29 is 48.7 Å². The van der Waals surface area contributed by atoms with Crippen molar-refractivity contribution in [2.75, 3.05) is 85.9 Å². The quantitative estimate of drug-likeness (QED) is 0.119. The Morgan fingerprint density at radius 2 is 1.07 bits per heavy atom. The van der Waals surface area contributed by atoms with Crippen LogP contribution >= 0.6 is 7.81 Å². The van der Waals surface area contributed by atoms with Gasteiger partial charge in [0.15, 0.2) is 13.1 Å². The molecule has 1 aromatic rings. The molecule has 0 fully saturated rings. The number of hydrogen-bond acceptors (Lipinski definition) is 5. The molecule has 0 saturated carbocycles. The van der Waals surface area contributed by atoms with Gasteiger partial charge in [0.2, 0.25) is 5.71 Å². The first-order valence-electron chi connectivity index (χ1n) is 13.4. The van der Waals surface area contributed by atoms with E-state index < -0.39 is 7.81 Å². The van der Waals surface area contributed by atoms with E-state index in [0.717, 1.165) is 26.2 Å². The predicted octanol–water partition coefficient (Wildman–Crippen LogP) is 7.82. The number of halogens is 6. The normalized spacial score (nSPS) is 15.2. The van der Waals surface area contributed by atoms with Crippen LogP contribution in [0.4, 0.5) is 30.9 Å². The molecule has 13 heteroatoms. The van der Waals surface area contributed by atoms with Gasteiger partial charge in [-0.2, -0.15) is 0 Å². The molecule has 242 valence electrons. The van der Waals surface area contributed by atoms with Gasteiger partial charge in [0.1, 0.15) is 13.2 Å². The van der Waals surface area contributed by atoms with Crippen LogP contribution in [0.3, 0.4) is 0 Å². The van der Waals surface area contributed by atoms with E-state index in [1.165, 1.54) is 44.8 Å². The van der Waals surface area contributed by atoms with Crippen LogP contribution in [-0.4, -0.2) is 91.3 Å². The number of benzene rings is 1. The molecular weight excluding hydrogens is 585 g/mol. The average molecular weight is 631 g/mol. The van der Waals surface area contributed by atoms with E-state index in [0.29, 0.717) is 26.4 Å². The van der Waals surface area contributed by atoms with Gasteiger partial charge in [-0.25, -0.2) is 4.58 Å².